The molecule has 2 saturated heterocycles. The van der Waals surface area contributed by atoms with E-state index in [1.807, 2.05) is 18.2 Å². The number of hydrogen-bond donors (Lipinski definition) is 0. The lowest BCUT2D eigenvalue weighted by atomic mass is 9.89. The molecule has 0 aromatic heterocycles. The van der Waals surface area contributed by atoms with Crippen molar-refractivity contribution in [1.29, 1.82) is 0 Å². The average molecular weight is 407 g/mol. The molecule has 0 spiro atoms. The quantitative estimate of drug-likeness (QED) is 0.651. The zero-order chi connectivity index (χ0) is 20.9. The van der Waals surface area contributed by atoms with Crippen molar-refractivity contribution in [2.45, 2.75) is 45.1 Å². The first kappa shape index (κ1) is 20.6. The minimum absolute atomic E-state index is 0.0938. The lowest BCUT2D eigenvalue weighted by molar-refractivity contribution is -0.123. The molecule has 2 aliphatic heterocycles. The number of carbonyl (C=O) groups excluding carboxylic acids is 2. The molecule has 5 nitrogen and oxygen atoms in total. The molecule has 0 unspecified atom stereocenters. The van der Waals surface area contributed by atoms with Gasteiger partial charge < -0.3 is 4.74 Å². The smallest absolute Gasteiger partial charge is 0.251 e. The maximum absolute atomic E-state index is 13.1. The van der Waals surface area contributed by atoms with Crippen LogP contribution in [0.3, 0.4) is 0 Å². The second-order valence-electron chi connectivity index (χ2n) is 8.30. The van der Waals surface area contributed by atoms with Crippen LogP contribution in [0.1, 0.15) is 38.2 Å². The Morgan fingerprint density at radius 3 is 2.33 bits per heavy atom. The number of imide groups is 1. The van der Waals surface area contributed by atoms with Crippen molar-refractivity contribution >= 4 is 17.5 Å². The SMILES string of the molecule is CCCOc1ccc(N2C(=O)C[C@@H](N3CCC(Cc4ccccc4)CC3)C2=O)cc1. The summed E-state index contributed by atoms with van der Waals surface area (Å²) in [6.45, 7) is 4.46. The minimum atomic E-state index is -0.328. The van der Waals surface area contributed by atoms with Crippen LogP contribution in [-0.2, 0) is 16.0 Å². The highest BCUT2D eigenvalue weighted by atomic mass is 16.5. The number of ether oxygens (including phenoxy) is 1. The van der Waals surface area contributed by atoms with Gasteiger partial charge >= 0.3 is 0 Å². The van der Waals surface area contributed by atoms with E-state index in [-0.39, 0.29) is 24.3 Å². The second kappa shape index (κ2) is 9.43. The van der Waals surface area contributed by atoms with Crippen LogP contribution in [0.4, 0.5) is 5.69 Å². The highest BCUT2D eigenvalue weighted by Gasteiger charge is 2.43. The molecule has 0 saturated carbocycles. The normalized spacial score (nSPS) is 20.7. The Hall–Kier alpha value is -2.66. The number of carbonyl (C=O) groups is 2. The third-order valence-corrected chi connectivity index (χ3v) is 6.15. The van der Waals surface area contributed by atoms with Crippen molar-refractivity contribution in [3.8, 4) is 5.75 Å². The van der Waals surface area contributed by atoms with Gasteiger partial charge in [-0.25, -0.2) is 4.90 Å². The molecule has 0 radical (unpaired) electrons. The molecule has 0 N–H and O–H groups in total. The average Bonchev–Trinajstić information content (AvgIpc) is 3.08. The van der Waals surface area contributed by atoms with Gasteiger partial charge in [0.05, 0.1) is 24.8 Å². The standard InChI is InChI=1S/C25H30N2O3/c1-2-16-30-22-10-8-21(9-11-22)27-24(28)18-23(25(27)29)26-14-12-20(13-15-26)17-19-6-4-3-5-7-19/h3-11,20,23H,2,12-18H2,1H3/t23-/m1/s1. The fourth-order valence-corrected chi connectivity index (χ4v) is 4.50. The van der Waals surface area contributed by atoms with Crippen LogP contribution in [-0.4, -0.2) is 42.5 Å². The summed E-state index contributed by atoms with van der Waals surface area (Å²) >= 11 is 0. The third kappa shape index (κ3) is 4.57. The van der Waals surface area contributed by atoms with E-state index in [1.54, 1.807) is 12.1 Å². The molecule has 2 aromatic carbocycles. The van der Waals surface area contributed by atoms with E-state index < -0.39 is 0 Å². The van der Waals surface area contributed by atoms with E-state index in [0.29, 0.717) is 18.2 Å². The zero-order valence-corrected chi connectivity index (χ0v) is 17.6. The molecule has 2 aromatic rings. The van der Waals surface area contributed by atoms with E-state index in [4.69, 9.17) is 4.74 Å². The summed E-state index contributed by atoms with van der Waals surface area (Å²) < 4.78 is 5.60. The number of likely N-dealkylation sites (tertiary alicyclic amines) is 1. The van der Waals surface area contributed by atoms with E-state index in [2.05, 4.69) is 36.1 Å². The van der Waals surface area contributed by atoms with Gasteiger partial charge in [0.2, 0.25) is 5.91 Å². The number of anilines is 1. The number of hydrogen-bond acceptors (Lipinski definition) is 4. The topological polar surface area (TPSA) is 49.9 Å². The van der Waals surface area contributed by atoms with E-state index >= 15 is 0 Å². The van der Waals surface area contributed by atoms with Crippen molar-refractivity contribution in [3.63, 3.8) is 0 Å². The first-order valence-corrected chi connectivity index (χ1v) is 11.0. The van der Waals surface area contributed by atoms with Crippen molar-refractivity contribution in [2.24, 2.45) is 5.92 Å². The Labute approximate surface area is 178 Å². The van der Waals surface area contributed by atoms with Crippen LogP contribution in [0.2, 0.25) is 0 Å². The van der Waals surface area contributed by atoms with Crippen molar-refractivity contribution < 1.29 is 14.3 Å². The van der Waals surface area contributed by atoms with Gasteiger partial charge in [-0.15, -0.1) is 0 Å². The maximum Gasteiger partial charge on any atom is 0.251 e. The summed E-state index contributed by atoms with van der Waals surface area (Å²) in [4.78, 5) is 29.3. The Kier molecular flexibility index (Phi) is 6.48. The number of nitrogens with zero attached hydrogens (tertiary/aromatic N) is 2. The summed E-state index contributed by atoms with van der Waals surface area (Å²) in [6.07, 6.45) is 4.43. The van der Waals surface area contributed by atoms with Crippen LogP contribution < -0.4 is 9.64 Å². The Balaban J connectivity index is 1.35. The summed E-state index contributed by atoms with van der Waals surface area (Å²) in [6, 6.07) is 17.5. The summed E-state index contributed by atoms with van der Waals surface area (Å²) in [7, 11) is 0. The number of rotatable bonds is 7. The number of piperidine rings is 1. The predicted octanol–water partition coefficient (Wildman–Crippen LogP) is 4.06. The first-order valence-electron chi connectivity index (χ1n) is 11.0. The van der Waals surface area contributed by atoms with Gasteiger partial charge in [-0.2, -0.15) is 0 Å². The number of benzene rings is 2. The Morgan fingerprint density at radius 1 is 0.967 bits per heavy atom. The maximum atomic E-state index is 13.1. The lowest BCUT2D eigenvalue weighted by Crippen LogP contribution is -2.46. The molecular formula is C25H30N2O3. The highest BCUT2D eigenvalue weighted by molar-refractivity contribution is 6.22. The lowest BCUT2D eigenvalue weighted by Gasteiger charge is -2.34. The van der Waals surface area contributed by atoms with Gasteiger partial charge in [0.15, 0.2) is 0 Å². The monoisotopic (exact) mass is 406 g/mol. The summed E-state index contributed by atoms with van der Waals surface area (Å²) in [5.41, 5.74) is 2.01. The van der Waals surface area contributed by atoms with Crippen molar-refractivity contribution in [3.05, 3.63) is 60.2 Å². The molecule has 2 fully saturated rings. The Bertz CT molecular complexity index is 858. The van der Waals surface area contributed by atoms with Gasteiger partial charge in [0.1, 0.15) is 5.75 Å². The van der Waals surface area contributed by atoms with Gasteiger partial charge in [-0.1, -0.05) is 37.3 Å². The van der Waals surface area contributed by atoms with E-state index in [1.165, 1.54) is 10.5 Å². The minimum Gasteiger partial charge on any atom is -0.494 e. The number of amides is 2. The molecule has 0 aliphatic carbocycles. The van der Waals surface area contributed by atoms with E-state index in [9.17, 15) is 9.59 Å². The molecule has 2 aliphatic rings. The third-order valence-electron chi connectivity index (χ3n) is 6.15. The predicted molar refractivity (Wildman–Crippen MR) is 118 cm³/mol. The van der Waals surface area contributed by atoms with Crippen LogP contribution in [0.25, 0.3) is 0 Å². The Morgan fingerprint density at radius 2 is 1.67 bits per heavy atom. The van der Waals surface area contributed by atoms with Gasteiger partial charge in [0, 0.05) is 0 Å². The van der Waals surface area contributed by atoms with Crippen LogP contribution in [0.15, 0.2) is 54.6 Å². The van der Waals surface area contributed by atoms with Crippen molar-refractivity contribution in [1.82, 2.24) is 4.90 Å². The largest absolute Gasteiger partial charge is 0.494 e. The molecule has 158 valence electrons. The molecule has 30 heavy (non-hydrogen) atoms. The van der Waals surface area contributed by atoms with Crippen LogP contribution in [0.5, 0.6) is 5.75 Å². The molecule has 0 bridgehead atoms. The van der Waals surface area contributed by atoms with E-state index in [0.717, 1.165) is 44.5 Å². The molecule has 1 atom stereocenters. The summed E-state index contributed by atoms with van der Waals surface area (Å²) in [5.74, 6) is 1.20. The van der Waals surface area contributed by atoms with Crippen LogP contribution >= 0.6 is 0 Å². The molecule has 2 amide bonds. The highest BCUT2D eigenvalue weighted by Crippen LogP contribution is 2.30. The summed E-state index contributed by atoms with van der Waals surface area (Å²) in [5, 5.41) is 0. The fraction of sp³-hybridized carbons (Fsp3) is 0.440. The molecular weight excluding hydrogens is 376 g/mol. The van der Waals surface area contributed by atoms with Gasteiger partial charge in [0.25, 0.3) is 5.91 Å². The molecule has 4 rings (SSSR count). The van der Waals surface area contributed by atoms with Gasteiger partial charge in [-0.05, 0) is 74.5 Å². The van der Waals surface area contributed by atoms with Gasteiger partial charge in [-0.3, -0.25) is 14.5 Å². The fourth-order valence-electron chi connectivity index (χ4n) is 4.50. The first-order chi connectivity index (χ1) is 14.7. The zero-order valence-electron chi connectivity index (χ0n) is 17.6. The molecule has 2 heterocycles. The molecule has 5 heteroatoms. The second-order valence-corrected chi connectivity index (χ2v) is 8.30. The van der Waals surface area contributed by atoms with Crippen molar-refractivity contribution in [2.75, 3.05) is 24.6 Å². The van der Waals surface area contributed by atoms with Crippen LogP contribution in [0, 0.1) is 5.92 Å².